The fourth-order valence-corrected chi connectivity index (χ4v) is 5.82. The van der Waals surface area contributed by atoms with Gasteiger partial charge in [-0.25, -0.2) is 4.98 Å². The van der Waals surface area contributed by atoms with E-state index in [1.165, 1.54) is 49.4 Å². The van der Waals surface area contributed by atoms with E-state index in [9.17, 15) is 0 Å². The van der Waals surface area contributed by atoms with E-state index in [0.717, 1.165) is 28.1 Å². The molecule has 0 spiro atoms. The van der Waals surface area contributed by atoms with E-state index in [2.05, 4.69) is 128 Å². The number of fused-ring (bicyclic) bond motifs is 3. The molecule has 0 aliphatic rings. The van der Waals surface area contributed by atoms with Crippen molar-refractivity contribution in [1.82, 2.24) is 9.55 Å². The number of benzene rings is 6. The molecule has 0 saturated heterocycles. The zero-order valence-corrected chi connectivity index (χ0v) is 21.9. The van der Waals surface area contributed by atoms with Crippen LogP contribution in [0.1, 0.15) is 16.7 Å². The number of rotatable bonds is 3. The number of nitrogens with zero attached hydrogens (tertiary/aromatic N) is 2. The van der Waals surface area contributed by atoms with E-state index in [-0.39, 0.29) is 0 Å². The Kier molecular flexibility index (Phi) is 5.16. The molecule has 0 fully saturated rings. The Bertz CT molecular complexity index is 1980. The molecule has 7 aromatic rings. The smallest absolute Gasteiger partial charge is 0.145 e. The van der Waals surface area contributed by atoms with Crippen LogP contribution < -0.4 is 0 Å². The summed E-state index contributed by atoms with van der Waals surface area (Å²) in [5.74, 6) is 0.954. The Labute approximate surface area is 222 Å². The van der Waals surface area contributed by atoms with E-state index < -0.39 is 0 Å². The quantitative estimate of drug-likeness (QED) is 0.226. The second-order valence-corrected chi connectivity index (χ2v) is 10.2. The van der Waals surface area contributed by atoms with Gasteiger partial charge in [0.1, 0.15) is 5.82 Å². The molecule has 0 amide bonds. The van der Waals surface area contributed by atoms with Gasteiger partial charge in [-0.2, -0.15) is 0 Å². The van der Waals surface area contributed by atoms with Gasteiger partial charge in [0, 0.05) is 11.3 Å². The fourth-order valence-electron chi connectivity index (χ4n) is 5.82. The van der Waals surface area contributed by atoms with Crippen LogP contribution >= 0.6 is 0 Å². The van der Waals surface area contributed by atoms with Crippen molar-refractivity contribution in [1.29, 1.82) is 0 Å². The van der Waals surface area contributed by atoms with Crippen molar-refractivity contribution >= 4 is 32.6 Å². The van der Waals surface area contributed by atoms with E-state index in [1.54, 1.807) is 0 Å². The highest BCUT2D eigenvalue weighted by molar-refractivity contribution is 6.06. The predicted octanol–water partition coefficient (Wildman–Crippen LogP) is 9.59. The van der Waals surface area contributed by atoms with E-state index in [0.29, 0.717) is 0 Å². The van der Waals surface area contributed by atoms with Gasteiger partial charge < -0.3 is 0 Å². The molecule has 0 bridgehead atoms. The lowest BCUT2D eigenvalue weighted by Crippen LogP contribution is -1.97. The monoisotopic (exact) mass is 488 g/mol. The average molecular weight is 489 g/mol. The van der Waals surface area contributed by atoms with Crippen molar-refractivity contribution in [3.63, 3.8) is 0 Å². The molecule has 1 heterocycles. The minimum atomic E-state index is 0.954. The summed E-state index contributed by atoms with van der Waals surface area (Å²) in [6.07, 6.45) is 0. The van der Waals surface area contributed by atoms with Crippen molar-refractivity contribution in [2.45, 2.75) is 20.8 Å². The Hall–Kier alpha value is -4.69. The first-order chi connectivity index (χ1) is 18.6. The number of aromatic nitrogens is 2. The molecule has 182 valence electrons. The van der Waals surface area contributed by atoms with Gasteiger partial charge >= 0.3 is 0 Å². The molecule has 0 N–H and O–H groups in total. The molecule has 0 aliphatic heterocycles. The summed E-state index contributed by atoms with van der Waals surface area (Å²) < 4.78 is 2.25. The number of hydrogen-bond acceptors (Lipinski definition) is 1. The molecule has 1 aromatic heterocycles. The lowest BCUT2D eigenvalue weighted by molar-refractivity contribution is 1.10. The zero-order chi connectivity index (χ0) is 25.8. The number of imidazole rings is 1. The van der Waals surface area contributed by atoms with Gasteiger partial charge in [-0.15, -0.1) is 0 Å². The van der Waals surface area contributed by atoms with Crippen molar-refractivity contribution in [2.75, 3.05) is 0 Å². The van der Waals surface area contributed by atoms with Crippen LogP contribution in [0.5, 0.6) is 0 Å². The minimum Gasteiger partial charge on any atom is -0.292 e. The zero-order valence-electron chi connectivity index (χ0n) is 21.9. The van der Waals surface area contributed by atoms with Crippen molar-refractivity contribution in [2.24, 2.45) is 0 Å². The first kappa shape index (κ1) is 22.5. The highest BCUT2D eigenvalue weighted by Gasteiger charge is 2.15. The van der Waals surface area contributed by atoms with Crippen LogP contribution in [0.15, 0.2) is 115 Å². The van der Waals surface area contributed by atoms with Crippen molar-refractivity contribution in [3.05, 3.63) is 132 Å². The molecule has 0 radical (unpaired) electrons. The van der Waals surface area contributed by atoms with Crippen LogP contribution in [0.4, 0.5) is 0 Å². The predicted molar refractivity (Wildman–Crippen MR) is 161 cm³/mol. The largest absolute Gasteiger partial charge is 0.292 e. The maximum atomic E-state index is 5.02. The van der Waals surface area contributed by atoms with Crippen LogP contribution in [0.3, 0.4) is 0 Å². The maximum absolute atomic E-state index is 5.02. The molecule has 0 unspecified atom stereocenters. The van der Waals surface area contributed by atoms with Crippen LogP contribution in [0, 0.1) is 20.8 Å². The minimum absolute atomic E-state index is 0.954. The van der Waals surface area contributed by atoms with E-state index in [4.69, 9.17) is 4.98 Å². The summed E-state index contributed by atoms with van der Waals surface area (Å²) >= 11 is 0. The van der Waals surface area contributed by atoms with Crippen molar-refractivity contribution in [3.8, 4) is 28.2 Å². The second-order valence-electron chi connectivity index (χ2n) is 10.2. The molecule has 0 atom stereocenters. The third-order valence-electron chi connectivity index (χ3n) is 7.86. The van der Waals surface area contributed by atoms with Crippen molar-refractivity contribution < 1.29 is 0 Å². The molecular formula is C36H28N2. The summed E-state index contributed by atoms with van der Waals surface area (Å²) in [7, 11) is 0. The first-order valence-electron chi connectivity index (χ1n) is 13.2. The Morgan fingerprint density at radius 1 is 0.500 bits per heavy atom. The topological polar surface area (TPSA) is 17.8 Å². The lowest BCUT2D eigenvalue weighted by Gasteiger charge is -2.14. The summed E-state index contributed by atoms with van der Waals surface area (Å²) in [6.45, 7) is 6.66. The number of para-hydroxylation sites is 3. The summed E-state index contributed by atoms with van der Waals surface area (Å²) in [5.41, 5.74) is 10.8. The number of aryl methyl sites for hydroxylation is 3. The molecule has 6 aromatic carbocycles. The van der Waals surface area contributed by atoms with Crippen LogP contribution in [-0.2, 0) is 0 Å². The third-order valence-corrected chi connectivity index (χ3v) is 7.86. The van der Waals surface area contributed by atoms with Gasteiger partial charge in [-0.1, -0.05) is 90.5 Å². The Morgan fingerprint density at radius 2 is 1.11 bits per heavy atom. The normalized spacial score (nSPS) is 11.6. The van der Waals surface area contributed by atoms with Gasteiger partial charge in [0.15, 0.2) is 0 Å². The Balaban J connectivity index is 1.34. The van der Waals surface area contributed by atoms with Gasteiger partial charge in [0.2, 0.25) is 0 Å². The summed E-state index contributed by atoms with van der Waals surface area (Å²) in [4.78, 5) is 5.02. The van der Waals surface area contributed by atoms with Gasteiger partial charge in [0.05, 0.1) is 11.0 Å². The average Bonchev–Trinajstić information content (AvgIpc) is 3.36. The molecule has 38 heavy (non-hydrogen) atoms. The third kappa shape index (κ3) is 3.53. The SMILES string of the molecule is Cc1ccc2c(C)c3cc(-c4ccc(-c5nc6ccccc6n5-c5ccccc5)cc4)ccc3c(C)c2c1. The highest BCUT2D eigenvalue weighted by atomic mass is 15.1. The lowest BCUT2D eigenvalue weighted by atomic mass is 9.90. The van der Waals surface area contributed by atoms with E-state index >= 15 is 0 Å². The molecule has 0 saturated carbocycles. The summed E-state index contributed by atoms with van der Waals surface area (Å²) in [5, 5.41) is 5.35. The summed E-state index contributed by atoms with van der Waals surface area (Å²) in [6, 6.07) is 41.3. The highest BCUT2D eigenvalue weighted by Crippen LogP contribution is 2.36. The van der Waals surface area contributed by atoms with Gasteiger partial charge in [0.25, 0.3) is 0 Å². The number of hydrogen-bond donors (Lipinski definition) is 0. The molecule has 7 rings (SSSR count). The Morgan fingerprint density at radius 3 is 1.87 bits per heavy atom. The first-order valence-corrected chi connectivity index (χ1v) is 13.2. The second kappa shape index (κ2) is 8.71. The standard InChI is InChI=1S/C36H28N2/c1-23-13-19-30-25(3)33-22-28(18-20-31(33)24(2)32(30)21-23)26-14-16-27(17-15-26)36-37-34-11-7-8-12-35(34)38(36)29-9-5-4-6-10-29/h4-22H,1-3H3. The molecular weight excluding hydrogens is 460 g/mol. The fraction of sp³-hybridized carbons (Fsp3) is 0.0833. The molecule has 2 nitrogen and oxygen atoms in total. The molecule has 2 heteroatoms. The molecule has 0 aliphatic carbocycles. The van der Waals surface area contributed by atoms with Crippen LogP contribution in [0.25, 0.3) is 60.8 Å². The van der Waals surface area contributed by atoms with Crippen LogP contribution in [-0.4, -0.2) is 9.55 Å². The van der Waals surface area contributed by atoms with Gasteiger partial charge in [-0.05, 0) is 94.9 Å². The van der Waals surface area contributed by atoms with Crippen LogP contribution in [0.2, 0.25) is 0 Å². The van der Waals surface area contributed by atoms with Gasteiger partial charge in [-0.3, -0.25) is 4.57 Å². The maximum Gasteiger partial charge on any atom is 0.145 e. The van der Waals surface area contributed by atoms with E-state index in [1.807, 2.05) is 12.1 Å².